The van der Waals surface area contributed by atoms with E-state index < -0.39 is 21.4 Å². The summed E-state index contributed by atoms with van der Waals surface area (Å²) in [7, 11) is -2.39. The first-order valence-electron chi connectivity index (χ1n) is 13.4. The average Bonchev–Trinajstić information content (AvgIpc) is 3.43. The third-order valence-corrected chi connectivity index (χ3v) is 8.57. The number of fused-ring (bicyclic) bond motifs is 1. The Balaban J connectivity index is 1.70. The molecule has 3 aromatic carbocycles. The molecule has 4 rings (SSSR count). The largest absolute Gasteiger partial charge is 0.497 e. The molecule has 0 fully saturated rings. The van der Waals surface area contributed by atoms with Crippen LogP contribution in [0.25, 0.3) is 22.1 Å². The summed E-state index contributed by atoms with van der Waals surface area (Å²) in [6.07, 6.45) is 1.63. The topological polar surface area (TPSA) is 104 Å². The van der Waals surface area contributed by atoms with Crippen molar-refractivity contribution in [3.63, 3.8) is 0 Å². The number of benzene rings is 3. The van der Waals surface area contributed by atoms with Crippen molar-refractivity contribution in [2.24, 2.45) is 4.40 Å². The lowest BCUT2D eigenvalue weighted by Crippen LogP contribution is -2.27. The molecule has 0 amide bonds. The maximum absolute atomic E-state index is 14.1. The number of sulfonamides is 1. The van der Waals surface area contributed by atoms with Crippen molar-refractivity contribution < 1.29 is 36.2 Å². The second-order valence-electron chi connectivity index (χ2n) is 10.6. The van der Waals surface area contributed by atoms with E-state index in [-0.39, 0.29) is 31.3 Å². The van der Waals surface area contributed by atoms with Crippen molar-refractivity contribution >= 4 is 32.7 Å². The first-order valence-corrected chi connectivity index (χ1v) is 14.9. The summed E-state index contributed by atoms with van der Waals surface area (Å²) in [6, 6.07) is 17.8. The SMILES string of the molecule is CCOC(=O)Cc1ccc(OC)cc1OCc1cc(-c2cccc(C(CF)=NS(=O)(=O)C(C)(C)C)c2)c2occc2c1. The zero-order valence-electron chi connectivity index (χ0n) is 24.3. The van der Waals surface area contributed by atoms with Crippen LogP contribution in [0.1, 0.15) is 44.4 Å². The Morgan fingerprint density at radius 3 is 2.52 bits per heavy atom. The summed E-state index contributed by atoms with van der Waals surface area (Å²) in [5.41, 5.74) is 3.67. The predicted molar refractivity (Wildman–Crippen MR) is 160 cm³/mol. The molecular formula is C32H34FNO7S. The number of rotatable bonds is 11. The van der Waals surface area contributed by atoms with E-state index in [0.717, 1.165) is 10.9 Å². The molecule has 1 aromatic heterocycles. The third-order valence-electron chi connectivity index (χ3n) is 6.56. The minimum absolute atomic E-state index is 0.0510. The van der Waals surface area contributed by atoms with Crippen LogP contribution in [-0.4, -0.2) is 45.2 Å². The molecule has 0 unspecified atom stereocenters. The first kappa shape index (κ1) is 30.8. The van der Waals surface area contributed by atoms with Crippen LogP contribution in [0.5, 0.6) is 11.5 Å². The number of furan rings is 1. The highest BCUT2D eigenvalue weighted by Crippen LogP contribution is 2.33. The van der Waals surface area contributed by atoms with Gasteiger partial charge in [-0.3, -0.25) is 4.79 Å². The molecular weight excluding hydrogens is 561 g/mol. The van der Waals surface area contributed by atoms with Crippen LogP contribution in [0.3, 0.4) is 0 Å². The van der Waals surface area contributed by atoms with E-state index in [1.54, 1.807) is 56.7 Å². The number of alkyl halides is 1. The van der Waals surface area contributed by atoms with Crippen LogP contribution < -0.4 is 9.47 Å². The second-order valence-corrected chi connectivity index (χ2v) is 12.9. The van der Waals surface area contributed by atoms with Crippen molar-refractivity contribution in [2.45, 2.75) is 45.5 Å². The van der Waals surface area contributed by atoms with Gasteiger partial charge in [-0.05, 0) is 69.2 Å². The van der Waals surface area contributed by atoms with Gasteiger partial charge in [-0.25, -0.2) is 12.8 Å². The number of nitrogens with zero attached hydrogens (tertiary/aromatic N) is 1. The van der Waals surface area contributed by atoms with Gasteiger partial charge in [0.05, 0.1) is 36.9 Å². The maximum atomic E-state index is 14.1. The molecule has 0 spiro atoms. The van der Waals surface area contributed by atoms with Gasteiger partial charge < -0.3 is 18.6 Å². The Morgan fingerprint density at radius 2 is 1.83 bits per heavy atom. The van der Waals surface area contributed by atoms with Crippen LogP contribution in [0.2, 0.25) is 0 Å². The Morgan fingerprint density at radius 1 is 1.05 bits per heavy atom. The van der Waals surface area contributed by atoms with Crippen molar-refractivity contribution in [1.29, 1.82) is 0 Å². The van der Waals surface area contributed by atoms with Gasteiger partial charge in [0.1, 0.15) is 30.4 Å². The molecule has 8 nitrogen and oxygen atoms in total. The van der Waals surface area contributed by atoms with Gasteiger partial charge in [0, 0.05) is 28.1 Å². The van der Waals surface area contributed by atoms with E-state index in [4.69, 9.17) is 18.6 Å². The Hall–Kier alpha value is -4.18. The highest BCUT2D eigenvalue weighted by atomic mass is 32.2. The van der Waals surface area contributed by atoms with E-state index in [2.05, 4.69) is 4.40 Å². The van der Waals surface area contributed by atoms with Crippen molar-refractivity contribution in [2.75, 3.05) is 20.4 Å². The molecule has 0 radical (unpaired) electrons. The lowest BCUT2D eigenvalue weighted by Gasteiger charge is -2.16. The van der Waals surface area contributed by atoms with E-state index in [1.807, 2.05) is 24.3 Å². The van der Waals surface area contributed by atoms with E-state index >= 15 is 0 Å². The van der Waals surface area contributed by atoms with E-state index in [9.17, 15) is 17.6 Å². The lowest BCUT2D eigenvalue weighted by atomic mass is 9.98. The molecule has 222 valence electrons. The van der Waals surface area contributed by atoms with Crippen molar-refractivity contribution in [1.82, 2.24) is 0 Å². The number of carbonyl (C=O) groups excluding carboxylic acids is 1. The minimum atomic E-state index is -3.95. The van der Waals surface area contributed by atoms with Crippen molar-refractivity contribution in [3.05, 3.63) is 83.6 Å². The van der Waals surface area contributed by atoms with Gasteiger partial charge in [-0.2, -0.15) is 4.40 Å². The summed E-state index contributed by atoms with van der Waals surface area (Å²) in [5, 5.41) is 0.823. The number of ether oxygens (including phenoxy) is 3. The van der Waals surface area contributed by atoms with Gasteiger partial charge in [0.2, 0.25) is 0 Å². The smallest absolute Gasteiger partial charge is 0.310 e. The van der Waals surface area contributed by atoms with Gasteiger partial charge in [-0.15, -0.1) is 0 Å². The van der Waals surface area contributed by atoms with Gasteiger partial charge in [0.15, 0.2) is 0 Å². The summed E-state index contributed by atoms with van der Waals surface area (Å²) in [5.74, 6) is 0.710. The molecule has 0 aliphatic heterocycles. The Bertz CT molecular complexity index is 1720. The van der Waals surface area contributed by atoms with Crippen LogP contribution in [-0.2, 0) is 32.6 Å². The maximum Gasteiger partial charge on any atom is 0.310 e. The quantitative estimate of drug-likeness (QED) is 0.141. The predicted octanol–water partition coefficient (Wildman–Crippen LogP) is 6.68. The lowest BCUT2D eigenvalue weighted by molar-refractivity contribution is -0.142. The van der Waals surface area contributed by atoms with E-state index in [1.165, 1.54) is 20.8 Å². The fourth-order valence-electron chi connectivity index (χ4n) is 4.22. The number of hydrogen-bond donors (Lipinski definition) is 0. The molecule has 0 bridgehead atoms. The highest BCUT2D eigenvalue weighted by Gasteiger charge is 2.29. The van der Waals surface area contributed by atoms with Gasteiger partial charge >= 0.3 is 5.97 Å². The molecule has 1 heterocycles. The van der Waals surface area contributed by atoms with Crippen LogP contribution >= 0.6 is 0 Å². The van der Waals surface area contributed by atoms with Crippen LogP contribution in [0.15, 0.2) is 75.7 Å². The molecule has 0 saturated heterocycles. The van der Waals surface area contributed by atoms with Crippen LogP contribution in [0, 0.1) is 0 Å². The molecule has 0 atom stereocenters. The molecule has 0 aliphatic rings. The summed E-state index contributed by atoms with van der Waals surface area (Å²) < 4.78 is 64.4. The summed E-state index contributed by atoms with van der Waals surface area (Å²) in [6.45, 7) is 5.71. The summed E-state index contributed by atoms with van der Waals surface area (Å²) in [4.78, 5) is 12.1. The average molecular weight is 596 g/mol. The minimum Gasteiger partial charge on any atom is -0.497 e. The number of esters is 1. The van der Waals surface area contributed by atoms with Gasteiger partial charge in [0.25, 0.3) is 10.0 Å². The van der Waals surface area contributed by atoms with Crippen molar-refractivity contribution in [3.8, 4) is 22.6 Å². The fraction of sp³-hybridized carbons (Fsp3) is 0.312. The highest BCUT2D eigenvalue weighted by molar-refractivity contribution is 7.91. The normalized spacial score (nSPS) is 12.4. The number of methoxy groups -OCH3 is 1. The molecule has 10 heteroatoms. The van der Waals surface area contributed by atoms with E-state index in [0.29, 0.717) is 39.3 Å². The Kier molecular flexibility index (Phi) is 9.36. The fourth-order valence-corrected chi connectivity index (χ4v) is 4.93. The summed E-state index contributed by atoms with van der Waals surface area (Å²) >= 11 is 0. The second kappa shape index (κ2) is 12.8. The van der Waals surface area contributed by atoms with Crippen LogP contribution in [0.4, 0.5) is 4.39 Å². The molecule has 0 aliphatic carbocycles. The monoisotopic (exact) mass is 595 g/mol. The van der Waals surface area contributed by atoms with Gasteiger partial charge in [-0.1, -0.05) is 24.3 Å². The number of carbonyl (C=O) groups is 1. The zero-order chi connectivity index (χ0) is 30.5. The number of hydrogen-bond acceptors (Lipinski definition) is 7. The number of halogens is 1. The third kappa shape index (κ3) is 6.99. The first-order chi connectivity index (χ1) is 20.0. The Labute approximate surface area is 245 Å². The molecule has 42 heavy (non-hydrogen) atoms. The molecule has 0 N–H and O–H groups in total. The molecule has 4 aromatic rings. The molecule has 0 saturated carbocycles. The zero-order valence-corrected chi connectivity index (χ0v) is 25.1. The standard InChI is InChI=1S/C32H34FNO7S/c1-6-39-30(35)17-24-10-11-26(38-5)18-29(24)41-20-21-14-25-12-13-40-31(25)27(15-21)22-8-7-9-23(16-22)28(19-33)34-42(36,37)32(2,3)4/h7-16,18H,6,17,19-20H2,1-5H3.